The molecule has 26 heavy (non-hydrogen) atoms. The summed E-state index contributed by atoms with van der Waals surface area (Å²) in [6, 6.07) is 0.190. The van der Waals surface area contributed by atoms with Crippen molar-refractivity contribution in [3.8, 4) is 0 Å². The van der Waals surface area contributed by atoms with Crippen molar-refractivity contribution in [3.05, 3.63) is 0 Å². The Labute approximate surface area is 161 Å². The fourth-order valence-electron chi connectivity index (χ4n) is 3.26. The second-order valence-corrected chi connectivity index (χ2v) is 7.33. The van der Waals surface area contributed by atoms with E-state index in [4.69, 9.17) is 14.2 Å². The highest BCUT2D eigenvalue weighted by Gasteiger charge is 2.37. The van der Waals surface area contributed by atoms with Gasteiger partial charge in [-0.2, -0.15) is 0 Å². The van der Waals surface area contributed by atoms with Gasteiger partial charge in [-0.1, -0.05) is 20.8 Å². The SMILES string of the molecule is CCO[C@@H](C)O[C@@H](C)CC[C@@H](C)CCOC(O)(NC)[C@@H](C)[C@H](CC)NC. The minimum Gasteiger partial charge on any atom is -0.353 e. The van der Waals surface area contributed by atoms with Gasteiger partial charge in [0.1, 0.15) is 0 Å². The Bertz CT molecular complexity index is 342. The first-order valence-electron chi connectivity index (χ1n) is 10.2. The lowest BCUT2D eigenvalue weighted by Crippen LogP contribution is -2.57. The lowest BCUT2D eigenvalue weighted by Gasteiger charge is -2.37. The number of hydrogen-bond donors (Lipinski definition) is 3. The van der Waals surface area contributed by atoms with E-state index in [9.17, 15) is 5.11 Å². The normalized spacial score (nSPS) is 20.2. The average Bonchev–Trinajstić information content (AvgIpc) is 2.60. The van der Waals surface area contributed by atoms with Crippen LogP contribution in [0.15, 0.2) is 0 Å². The molecule has 0 aliphatic rings. The summed E-state index contributed by atoms with van der Waals surface area (Å²) < 4.78 is 17.1. The van der Waals surface area contributed by atoms with Gasteiger partial charge in [-0.05, 0) is 66.5 Å². The van der Waals surface area contributed by atoms with Crippen LogP contribution in [0.5, 0.6) is 0 Å². The molecule has 0 saturated carbocycles. The topological polar surface area (TPSA) is 72.0 Å². The Balaban J connectivity index is 4.22. The van der Waals surface area contributed by atoms with Gasteiger partial charge >= 0.3 is 0 Å². The van der Waals surface area contributed by atoms with Crippen molar-refractivity contribution < 1.29 is 19.3 Å². The zero-order chi connectivity index (χ0) is 20.2. The molecule has 0 aromatic rings. The molecule has 6 heteroatoms. The highest BCUT2D eigenvalue weighted by Crippen LogP contribution is 2.23. The predicted octanol–water partition coefficient (Wildman–Crippen LogP) is 3.10. The summed E-state index contributed by atoms with van der Waals surface area (Å²) in [5.41, 5.74) is 0. The van der Waals surface area contributed by atoms with Crippen molar-refractivity contribution in [2.75, 3.05) is 27.3 Å². The summed E-state index contributed by atoms with van der Waals surface area (Å²) >= 11 is 0. The lowest BCUT2D eigenvalue weighted by molar-refractivity contribution is -0.257. The molecule has 0 radical (unpaired) electrons. The molecular formula is C20H44N2O4. The standard InChI is InChI=1S/C20H44N2O4/c1-9-19(21-7)17(5)20(23,22-8)25-14-13-15(3)11-12-16(4)26-18(6)24-10-2/h15-19,21-23H,9-14H2,1-8H3/t15-,16+,17+,18-,19+,20?/m1/s1. The average molecular weight is 377 g/mol. The monoisotopic (exact) mass is 376 g/mol. The maximum atomic E-state index is 10.8. The third-order valence-electron chi connectivity index (χ3n) is 5.21. The van der Waals surface area contributed by atoms with E-state index < -0.39 is 5.91 Å². The van der Waals surface area contributed by atoms with Crippen LogP contribution in [0.1, 0.15) is 67.2 Å². The van der Waals surface area contributed by atoms with Crippen LogP contribution in [-0.4, -0.2) is 56.8 Å². The molecule has 0 aliphatic heterocycles. The molecule has 0 spiro atoms. The first kappa shape index (κ1) is 25.8. The van der Waals surface area contributed by atoms with E-state index in [-0.39, 0.29) is 24.4 Å². The van der Waals surface area contributed by atoms with E-state index in [1.807, 2.05) is 27.8 Å². The molecule has 1 unspecified atom stereocenters. The maximum absolute atomic E-state index is 10.8. The highest BCUT2D eigenvalue weighted by molar-refractivity contribution is 4.81. The van der Waals surface area contributed by atoms with Crippen LogP contribution in [0.3, 0.4) is 0 Å². The van der Waals surface area contributed by atoms with Crippen LogP contribution in [0.25, 0.3) is 0 Å². The molecule has 3 N–H and O–H groups in total. The van der Waals surface area contributed by atoms with Crippen molar-refractivity contribution in [2.24, 2.45) is 11.8 Å². The molecule has 0 heterocycles. The van der Waals surface area contributed by atoms with Gasteiger partial charge in [0.05, 0.1) is 12.7 Å². The van der Waals surface area contributed by atoms with Crippen molar-refractivity contribution in [1.29, 1.82) is 0 Å². The molecule has 0 aliphatic carbocycles. The van der Waals surface area contributed by atoms with E-state index in [1.165, 1.54) is 0 Å². The van der Waals surface area contributed by atoms with Gasteiger partial charge in [0.2, 0.25) is 5.91 Å². The molecule has 0 bridgehead atoms. The van der Waals surface area contributed by atoms with Crippen LogP contribution in [0.4, 0.5) is 0 Å². The van der Waals surface area contributed by atoms with Crippen molar-refractivity contribution in [1.82, 2.24) is 10.6 Å². The predicted molar refractivity (Wildman–Crippen MR) is 107 cm³/mol. The Hall–Kier alpha value is -0.240. The van der Waals surface area contributed by atoms with Crippen LogP contribution in [0.2, 0.25) is 0 Å². The Morgan fingerprint density at radius 2 is 1.65 bits per heavy atom. The quantitative estimate of drug-likeness (QED) is 0.360. The van der Waals surface area contributed by atoms with Crippen LogP contribution >= 0.6 is 0 Å². The molecular weight excluding hydrogens is 332 g/mol. The largest absolute Gasteiger partial charge is 0.353 e. The molecule has 0 aromatic carbocycles. The number of aliphatic hydroxyl groups is 1. The molecule has 0 amide bonds. The molecule has 0 rings (SSSR count). The molecule has 158 valence electrons. The fourth-order valence-corrected chi connectivity index (χ4v) is 3.26. The molecule has 0 fully saturated rings. The summed E-state index contributed by atoms with van der Waals surface area (Å²) in [6.07, 6.45) is 3.91. The second-order valence-electron chi connectivity index (χ2n) is 7.33. The van der Waals surface area contributed by atoms with Gasteiger partial charge in [0.25, 0.3) is 0 Å². The fraction of sp³-hybridized carbons (Fsp3) is 1.00. The van der Waals surface area contributed by atoms with Gasteiger partial charge in [0, 0.05) is 18.6 Å². The summed E-state index contributed by atoms with van der Waals surface area (Å²) in [6.45, 7) is 13.5. The van der Waals surface area contributed by atoms with E-state index in [2.05, 4.69) is 31.4 Å². The van der Waals surface area contributed by atoms with Gasteiger partial charge in [-0.15, -0.1) is 0 Å². The van der Waals surface area contributed by atoms with E-state index >= 15 is 0 Å². The molecule has 0 saturated heterocycles. The Morgan fingerprint density at radius 3 is 2.15 bits per heavy atom. The van der Waals surface area contributed by atoms with Crippen LogP contribution in [-0.2, 0) is 14.2 Å². The number of rotatable bonds is 16. The summed E-state index contributed by atoms with van der Waals surface area (Å²) in [5, 5.41) is 17.0. The Morgan fingerprint density at radius 1 is 1.00 bits per heavy atom. The smallest absolute Gasteiger partial charge is 0.228 e. The minimum absolute atomic E-state index is 0.0636. The second kappa shape index (κ2) is 13.9. The minimum atomic E-state index is -1.31. The van der Waals surface area contributed by atoms with Gasteiger partial charge in [0.15, 0.2) is 6.29 Å². The number of nitrogens with one attached hydrogen (secondary N) is 2. The van der Waals surface area contributed by atoms with E-state index in [1.54, 1.807) is 7.05 Å². The van der Waals surface area contributed by atoms with Crippen LogP contribution in [0, 0.1) is 11.8 Å². The first-order valence-corrected chi connectivity index (χ1v) is 10.2. The molecule has 0 aromatic heterocycles. The lowest BCUT2D eigenvalue weighted by atomic mass is 9.95. The number of hydrogen-bond acceptors (Lipinski definition) is 6. The first-order chi connectivity index (χ1) is 12.2. The summed E-state index contributed by atoms with van der Waals surface area (Å²) in [4.78, 5) is 0. The third-order valence-corrected chi connectivity index (χ3v) is 5.21. The van der Waals surface area contributed by atoms with Gasteiger partial charge < -0.3 is 24.6 Å². The zero-order valence-corrected chi connectivity index (χ0v) is 18.3. The highest BCUT2D eigenvalue weighted by atomic mass is 16.7. The van der Waals surface area contributed by atoms with E-state index in [0.717, 1.165) is 25.7 Å². The van der Waals surface area contributed by atoms with Crippen molar-refractivity contribution >= 4 is 0 Å². The van der Waals surface area contributed by atoms with E-state index in [0.29, 0.717) is 19.1 Å². The molecule has 6 atom stereocenters. The molecule has 6 nitrogen and oxygen atoms in total. The Kier molecular flexibility index (Phi) is 13.7. The zero-order valence-electron chi connectivity index (χ0n) is 18.3. The van der Waals surface area contributed by atoms with Crippen molar-refractivity contribution in [3.63, 3.8) is 0 Å². The summed E-state index contributed by atoms with van der Waals surface area (Å²) in [7, 11) is 3.65. The summed E-state index contributed by atoms with van der Waals surface area (Å²) in [5.74, 6) is -0.871. The third kappa shape index (κ3) is 9.62. The van der Waals surface area contributed by atoms with Crippen molar-refractivity contribution in [2.45, 2.75) is 91.6 Å². The van der Waals surface area contributed by atoms with Crippen LogP contribution < -0.4 is 10.6 Å². The maximum Gasteiger partial charge on any atom is 0.228 e. The number of ether oxygens (including phenoxy) is 3. The van der Waals surface area contributed by atoms with Gasteiger partial charge in [-0.3, -0.25) is 5.32 Å². The van der Waals surface area contributed by atoms with Gasteiger partial charge in [-0.25, -0.2) is 0 Å².